The highest BCUT2D eigenvalue weighted by Crippen LogP contribution is 2.33. The van der Waals surface area contributed by atoms with Gasteiger partial charge in [-0.05, 0) is 58.4 Å². The maximum absolute atomic E-state index is 14.6. The summed E-state index contributed by atoms with van der Waals surface area (Å²) in [5.41, 5.74) is 0.0234. The van der Waals surface area contributed by atoms with E-state index in [9.17, 15) is 22.4 Å². The maximum atomic E-state index is 14.6. The summed E-state index contributed by atoms with van der Waals surface area (Å²) in [5, 5.41) is 2.53. The lowest BCUT2D eigenvalue weighted by atomic mass is 10.1. The second kappa shape index (κ2) is 8.48. The van der Waals surface area contributed by atoms with Crippen LogP contribution in [-0.2, 0) is 0 Å². The number of H-pyrrole nitrogens is 1. The normalized spacial score (nSPS) is 11.1. The van der Waals surface area contributed by atoms with Crippen LogP contribution in [0, 0.1) is 5.82 Å². The number of amides is 1. The zero-order valence-electron chi connectivity index (χ0n) is 14.4. The number of anilines is 1. The van der Waals surface area contributed by atoms with Gasteiger partial charge in [-0.3, -0.25) is 4.79 Å². The van der Waals surface area contributed by atoms with Gasteiger partial charge in [-0.15, -0.1) is 13.2 Å². The molecule has 0 aliphatic rings. The van der Waals surface area contributed by atoms with E-state index in [-0.39, 0.29) is 21.5 Å². The van der Waals surface area contributed by atoms with Crippen LogP contribution in [0.25, 0.3) is 0 Å². The number of alkyl halides is 3. The van der Waals surface area contributed by atoms with E-state index < -0.39 is 23.8 Å². The molecule has 0 unspecified atom stereocenters. The number of hydrogen-bond acceptors (Lipinski definition) is 3. The lowest BCUT2D eigenvalue weighted by molar-refractivity contribution is -0.377. The van der Waals surface area contributed by atoms with E-state index in [0.717, 1.165) is 12.1 Å². The summed E-state index contributed by atoms with van der Waals surface area (Å²) in [6.07, 6.45) is -1.68. The van der Waals surface area contributed by atoms with Gasteiger partial charge in [0.15, 0.2) is 18.2 Å². The molecule has 0 aliphatic heterocycles. The van der Waals surface area contributed by atoms with Gasteiger partial charge in [-0.25, -0.2) is 9.37 Å². The van der Waals surface area contributed by atoms with Crippen LogP contribution in [0.2, 0.25) is 0 Å². The van der Waals surface area contributed by atoms with E-state index in [4.69, 9.17) is 4.74 Å². The molecular formula is C19H12BrF4N2O3+. The van der Waals surface area contributed by atoms with Crippen molar-refractivity contribution in [3.63, 3.8) is 0 Å². The molecular weight excluding hydrogens is 460 g/mol. The van der Waals surface area contributed by atoms with Gasteiger partial charge in [0, 0.05) is 6.07 Å². The summed E-state index contributed by atoms with van der Waals surface area (Å²) >= 11 is 3.02. The van der Waals surface area contributed by atoms with Gasteiger partial charge < -0.3 is 14.8 Å². The first-order valence-corrected chi connectivity index (χ1v) is 8.81. The first-order chi connectivity index (χ1) is 13.7. The molecule has 3 rings (SSSR count). The lowest BCUT2D eigenvalue weighted by Gasteiger charge is -2.14. The average Bonchev–Trinajstić information content (AvgIpc) is 2.66. The van der Waals surface area contributed by atoms with Crippen molar-refractivity contribution in [3.8, 4) is 17.2 Å². The van der Waals surface area contributed by atoms with E-state index >= 15 is 0 Å². The molecule has 0 atom stereocenters. The quantitative estimate of drug-likeness (QED) is 0.510. The summed E-state index contributed by atoms with van der Waals surface area (Å²) < 4.78 is 60.7. The number of carbonyl (C=O) groups excluding carboxylic acids is 1. The van der Waals surface area contributed by atoms with Crippen LogP contribution in [0.15, 0.2) is 65.4 Å². The molecule has 1 aromatic heterocycles. The minimum Gasteiger partial charge on any atom is -0.456 e. The van der Waals surface area contributed by atoms with Gasteiger partial charge in [0.2, 0.25) is 0 Å². The second-order valence-electron chi connectivity index (χ2n) is 5.60. The van der Waals surface area contributed by atoms with Crippen LogP contribution >= 0.6 is 15.9 Å². The molecule has 0 spiro atoms. The number of carbonyl (C=O) groups is 1. The van der Waals surface area contributed by atoms with Gasteiger partial charge in [0.25, 0.3) is 5.91 Å². The SMILES string of the molecule is O=C(Nc1ccc[nH+]c1)c1c(Oc2ccc(OC(F)(F)F)cc2)ccc(Br)c1F. The van der Waals surface area contributed by atoms with Crippen molar-refractivity contribution in [3.05, 3.63) is 76.8 Å². The Morgan fingerprint density at radius 2 is 1.72 bits per heavy atom. The highest BCUT2D eigenvalue weighted by Gasteiger charge is 2.31. The van der Waals surface area contributed by atoms with Gasteiger partial charge in [-0.2, -0.15) is 0 Å². The number of rotatable bonds is 5. The summed E-state index contributed by atoms with van der Waals surface area (Å²) in [4.78, 5) is 15.4. The molecule has 1 amide bonds. The summed E-state index contributed by atoms with van der Waals surface area (Å²) in [7, 11) is 0. The average molecular weight is 472 g/mol. The van der Waals surface area contributed by atoms with Crippen molar-refractivity contribution in [2.24, 2.45) is 0 Å². The van der Waals surface area contributed by atoms with Crippen molar-refractivity contribution in [1.82, 2.24) is 0 Å². The molecule has 5 nitrogen and oxygen atoms in total. The first-order valence-electron chi connectivity index (χ1n) is 8.02. The Kier molecular flexibility index (Phi) is 6.02. The Morgan fingerprint density at radius 1 is 1.03 bits per heavy atom. The third-order valence-corrected chi connectivity index (χ3v) is 4.15. The summed E-state index contributed by atoms with van der Waals surface area (Å²) in [5.74, 6) is -2.09. The third-order valence-electron chi connectivity index (χ3n) is 3.53. The molecule has 0 radical (unpaired) electrons. The van der Waals surface area contributed by atoms with E-state index in [2.05, 4.69) is 31.0 Å². The topological polar surface area (TPSA) is 61.7 Å². The molecule has 3 aromatic rings. The predicted octanol–water partition coefficient (Wildman–Crippen LogP) is 5.35. The van der Waals surface area contributed by atoms with Crippen LogP contribution in [0.4, 0.5) is 23.2 Å². The van der Waals surface area contributed by atoms with Crippen molar-refractivity contribution < 1.29 is 36.8 Å². The molecule has 10 heteroatoms. The highest BCUT2D eigenvalue weighted by atomic mass is 79.9. The maximum Gasteiger partial charge on any atom is 0.573 e. The molecule has 150 valence electrons. The zero-order valence-corrected chi connectivity index (χ0v) is 16.0. The van der Waals surface area contributed by atoms with Crippen molar-refractivity contribution >= 4 is 27.5 Å². The van der Waals surface area contributed by atoms with Crippen molar-refractivity contribution in [2.45, 2.75) is 6.36 Å². The molecule has 0 fully saturated rings. The molecule has 0 saturated heterocycles. The number of hydrogen-bond donors (Lipinski definition) is 1. The van der Waals surface area contributed by atoms with Gasteiger partial charge in [0.1, 0.15) is 28.5 Å². The number of nitrogens with one attached hydrogen (secondary N) is 2. The van der Waals surface area contributed by atoms with Crippen LogP contribution in [0.3, 0.4) is 0 Å². The van der Waals surface area contributed by atoms with Crippen molar-refractivity contribution in [1.29, 1.82) is 0 Å². The Labute approximate surface area is 170 Å². The fraction of sp³-hybridized carbons (Fsp3) is 0.0526. The Morgan fingerprint density at radius 3 is 2.34 bits per heavy atom. The summed E-state index contributed by atoms with van der Waals surface area (Å²) in [6.45, 7) is 0. The summed E-state index contributed by atoms with van der Waals surface area (Å²) in [6, 6.07) is 10.4. The van der Waals surface area contributed by atoms with Crippen LogP contribution in [0.5, 0.6) is 17.2 Å². The molecule has 1 heterocycles. The molecule has 0 aliphatic carbocycles. The minimum absolute atomic E-state index is 0.0450. The van der Waals surface area contributed by atoms with Crippen LogP contribution in [0.1, 0.15) is 10.4 Å². The van der Waals surface area contributed by atoms with Gasteiger partial charge in [-0.1, -0.05) is 0 Å². The number of benzene rings is 2. The van der Waals surface area contributed by atoms with Crippen LogP contribution in [-0.4, -0.2) is 12.3 Å². The lowest BCUT2D eigenvalue weighted by Crippen LogP contribution is -2.17. The third kappa shape index (κ3) is 5.44. The molecule has 0 bridgehead atoms. The number of halogens is 5. The molecule has 0 saturated carbocycles. The largest absolute Gasteiger partial charge is 0.573 e. The van der Waals surface area contributed by atoms with Crippen LogP contribution < -0.4 is 19.8 Å². The number of pyridine rings is 1. The Balaban J connectivity index is 1.86. The zero-order chi connectivity index (χ0) is 21.0. The monoisotopic (exact) mass is 471 g/mol. The molecule has 29 heavy (non-hydrogen) atoms. The van der Waals surface area contributed by atoms with Gasteiger partial charge >= 0.3 is 6.36 Å². The van der Waals surface area contributed by atoms with E-state index in [1.165, 1.54) is 30.5 Å². The first kappa shape index (κ1) is 20.6. The van der Waals surface area contributed by atoms with E-state index in [1.54, 1.807) is 18.3 Å². The molecule has 2 N–H and O–H groups in total. The van der Waals surface area contributed by atoms with E-state index in [0.29, 0.717) is 5.69 Å². The number of aromatic nitrogens is 1. The Hall–Kier alpha value is -3.14. The number of ether oxygens (including phenoxy) is 2. The fourth-order valence-corrected chi connectivity index (χ4v) is 2.66. The van der Waals surface area contributed by atoms with Crippen molar-refractivity contribution in [2.75, 3.05) is 5.32 Å². The molecule has 2 aromatic carbocycles. The Bertz CT molecular complexity index is 1010. The predicted molar refractivity (Wildman–Crippen MR) is 98.2 cm³/mol. The highest BCUT2D eigenvalue weighted by molar-refractivity contribution is 9.10. The second-order valence-corrected chi connectivity index (χ2v) is 6.46. The minimum atomic E-state index is -4.82. The van der Waals surface area contributed by atoms with Gasteiger partial charge in [0.05, 0.1) is 4.47 Å². The fourth-order valence-electron chi connectivity index (χ4n) is 2.33. The standard InChI is InChI=1S/C19H11BrF4N2O3/c20-14-7-8-15(28-12-3-5-13(6-4-12)29-19(22,23)24)16(17(14)21)18(27)26-11-2-1-9-25-10-11/h1-10H,(H,26,27)/p+1. The van der Waals surface area contributed by atoms with E-state index in [1.807, 2.05) is 0 Å². The smallest absolute Gasteiger partial charge is 0.456 e. The number of aromatic amines is 1.